The van der Waals surface area contributed by atoms with Gasteiger partial charge in [-0.05, 0) is 29.5 Å². The predicted octanol–water partition coefficient (Wildman–Crippen LogP) is 2.60. The van der Waals surface area contributed by atoms with E-state index in [0.29, 0.717) is 0 Å². The molecule has 2 aromatic heterocycles. The molecule has 0 amide bonds. The summed E-state index contributed by atoms with van der Waals surface area (Å²) in [6, 6.07) is 8.12. The van der Waals surface area contributed by atoms with Crippen molar-refractivity contribution >= 4 is 22.8 Å². The molecule has 0 fully saturated rings. The minimum Gasteiger partial charge on any atom is -0.315 e. The fourth-order valence-corrected chi connectivity index (χ4v) is 3.31. The minimum atomic E-state index is 0.116. The molecule has 108 valence electrons. The van der Waals surface area contributed by atoms with E-state index in [-0.39, 0.29) is 5.25 Å². The molecular formula is C14H16N6S. The zero-order chi connectivity index (χ0) is 14.8. The molecule has 0 saturated heterocycles. The summed E-state index contributed by atoms with van der Waals surface area (Å²) in [5.41, 5.74) is 2.10. The van der Waals surface area contributed by atoms with Gasteiger partial charge >= 0.3 is 0 Å². The molecule has 0 aliphatic heterocycles. The van der Waals surface area contributed by atoms with Gasteiger partial charge in [-0.3, -0.25) is 0 Å². The molecule has 0 aliphatic rings. The van der Waals surface area contributed by atoms with E-state index in [2.05, 4.69) is 39.7 Å². The van der Waals surface area contributed by atoms with Crippen molar-refractivity contribution in [2.75, 3.05) is 0 Å². The van der Waals surface area contributed by atoms with E-state index in [9.17, 15) is 0 Å². The Hall–Kier alpha value is -2.15. The normalized spacial score (nSPS) is 12.7. The van der Waals surface area contributed by atoms with Crippen molar-refractivity contribution in [3.63, 3.8) is 0 Å². The molecule has 0 aliphatic carbocycles. The van der Waals surface area contributed by atoms with Gasteiger partial charge in [0.2, 0.25) is 0 Å². The predicted molar refractivity (Wildman–Crippen MR) is 83.0 cm³/mol. The van der Waals surface area contributed by atoms with Gasteiger partial charge in [-0.1, -0.05) is 30.0 Å². The standard InChI is InChI=1S/C14H16N6S/c1-4-9-20-12-8-6-5-7-11(12)15-14(20)21-10(2)13-16-17-18-19(13)3/h4-8,10H,1,9H2,2-3H3. The van der Waals surface area contributed by atoms with Crippen LogP contribution in [0, 0.1) is 0 Å². The second-order valence-corrected chi connectivity index (χ2v) is 6.01. The fraction of sp³-hybridized carbons (Fsp3) is 0.286. The highest BCUT2D eigenvalue weighted by atomic mass is 32.2. The molecule has 6 nitrogen and oxygen atoms in total. The van der Waals surface area contributed by atoms with Crippen LogP contribution in [0.2, 0.25) is 0 Å². The van der Waals surface area contributed by atoms with Gasteiger partial charge in [-0.25, -0.2) is 9.67 Å². The van der Waals surface area contributed by atoms with Crippen molar-refractivity contribution in [2.45, 2.75) is 23.9 Å². The lowest BCUT2D eigenvalue weighted by molar-refractivity contribution is 0.676. The Kier molecular flexibility index (Phi) is 3.74. The molecule has 3 aromatic rings. The number of thioether (sulfide) groups is 1. The molecule has 1 unspecified atom stereocenters. The molecule has 1 aromatic carbocycles. The number of rotatable bonds is 5. The number of allylic oxidation sites excluding steroid dienone is 1. The number of aryl methyl sites for hydroxylation is 1. The Bertz CT molecular complexity index is 775. The number of imidazole rings is 1. The first kappa shape index (κ1) is 13.8. The second-order valence-electron chi connectivity index (χ2n) is 4.70. The number of aromatic nitrogens is 6. The second kappa shape index (κ2) is 5.69. The Labute approximate surface area is 126 Å². The van der Waals surface area contributed by atoms with Gasteiger partial charge in [-0.15, -0.1) is 11.7 Å². The van der Waals surface area contributed by atoms with Gasteiger partial charge < -0.3 is 4.57 Å². The monoisotopic (exact) mass is 300 g/mol. The summed E-state index contributed by atoms with van der Waals surface area (Å²) in [5.74, 6) is 0.831. The molecule has 7 heteroatoms. The lowest BCUT2D eigenvalue weighted by Crippen LogP contribution is -2.04. The van der Waals surface area contributed by atoms with Crippen LogP contribution in [0.15, 0.2) is 42.1 Å². The maximum atomic E-state index is 4.71. The van der Waals surface area contributed by atoms with E-state index in [1.54, 1.807) is 16.4 Å². The highest BCUT2D eigenvalue weighted by Crippen LogP contribution is 2.34. The van der Waals surface area contributed by atoms with Gasteiger partial charge in [0, 0.05) is 13.6 Å². The SMILES string of the molecule is C=CCn1c(SC(C)c2nnnn2C)nc2ccccc21. The fourth-order valence-electron chi connectivity index (χ4n) is 2.24. The maximum Gasteiger partial charge on any atom is 0.170 e. The van der Waals surface area contributed by atoms with Crippen LogP contribution in [0.25, 0.3) is 11.0 Å². The summed E-state index contributed by atoms with van der Waals surface area (Å²) < 4.78 is 3.85. The van der Waals surface area contributed by atoms with Gasteiger partial charge in [0.1, 0.15) is 0 Å². The quantitative estimate of drug-likeness (QED) is 0.535. The van der Waals surface area contributed by atoms with Crippen LogP contribution in [0.1, 0.15) is 18.0 Å². The number of fused-ring (bicyclic) bond motifs is 1. The summed E-state index contributed by atoms with van der Waals surface area (Å²) in [6.07, 6.45) is 1.88. The van der Waals surface area contributed by atoms with E-state index < -0.39 is 0 Å². The molecule has 0 spiro atoms. The van der Waals surface area contributed by atoms with Crippen LogP contribution >= 0.6 is 11.8 Å². The molecule has 0 N–H and O–H groups in total. The summed E-state index contributed by atoms with van der Waals surface area (Å²) in [6.45, 7) is 6.64. The minimum absolute atomic E-state index is 0.116. The summed E-state index contributed by atoms with van der Waals surface area (Å²) in [5, 5.41) is 12.7. The highest BCUT2D eigenvalue weighted by molar-refractivity contribution is 7.99. The number of para-hydroxylation sites is 2. The van der Waals surface area contributed by atoms with E-state index in [1.165, 1.54) is 0 Å². The zero-order valence-electron chi connectivity index (χ0n) is 12.0. The number of hydrogen-bond acceptors (Lipinski definition) is 5. The molecule has 0 radical (unpaired) electrons. The van der Waals surface area contributed by atoms with E-state index in [1.807, 2.05) is 31.3 Å². The van der Waals surface area contributed by atoms with Gasteiger partial charge in [0.25, 0.3) is 0 Å². The highest BCUT2D eigenvalue weighted by Gasteiger charge is 2.18. The third kappa shape index (κ3) is 2.56. The average molecular weight is 300 g/mol. The molecule has 21 heavy (non-hydrogen) atoms. The van der Waals surface area contributed by atoms with Crippen molar-refractivity contribution in [1.82, 2.24) is 29.8 Å². The maximum absolute atomic E-state index is 4.71. The van der Waals surface area contributed by atoms with Crippen molar-refractivity contribution in [3.8, 4) is 0 Å². The van der Waals surface area contributed by atoms with Crippen molar-refractivity contribution < 1.29 is 0 Å². The molecular weight excluding hydrogens is 284 g/mol. The summed E-state index contributed by atoms with van der Waals surface area (Å²) in [4.78, 5) is 4.71. The van der Waals surface area contributed by atoms with Crippen LogP contribution in [-0.4, -0.2) is 29.8 Å². The third-order valence-electron chi connectivity index (χ3n) is 3.23. The average Bonchev–Trinajstić information content (AvgIpc) is 3.04. The smallest absolute Gasteiger partial charge is 0.170 e. The Morgan fingerprint density at radius 2 is 2.19 bits per heavy atom. The zero-order valence-corrected chi connectivity index (χ0v) is 12.8. The molecule has 3 rings (SSSR count). The summed E-state index contributed by atoms with van der Waals surface area (Å²) in [7, 11) is 1.85. The Morgan fingerprint density at radius 1 is 1.38 bits per heavy atom. The Balaban J connectivity index is 1.98. The van der Waals surface area contributed by atoms with Crippen molar-refractivity contribution in [3.05, 3.63) is 42.7 Å². The number of hydrogen-bond donors (Lipinski definition) is 0. The first-order chi connectivity index (χ1) is 10.2. The Morgan fingerprint density at radius 3 is 2.90 bits per heavy atom. The van der Waals surface area contributed by atoms with Crippen molar-refractivity contribution in [1.29, 1.82) is 0 Å². The van der Waals surface area contributed by atoms with Crippen LogP contribution < -0.4 is 0 Å². The lowest BCUT2D eigenvalue weighted by Gasteiger charge is -2.10. The van der Waals surface area contributed by atoms with Crippen LogP contribution in [0.3, 0.4) is 0 Å². The van der Waals surface area contributed by atoms with Crippen LogP contribution in [0.4, 0.5) is 0 Å². The topological polar surface area (TPSA) is 61.4 Å². The number of benzene rings is 1. The number of tetrazole rings is 1. The lowest BCUT2D eigenvalue weighted by atomic mass is 10.3. The summed E-state index contributed by atoms with van der Waals surface area (Å²) >= 11 is 1.65. The van der Waals surface area contributed by atoms with Gasteiger partial charge in [0.15, 0.2) is 11.0 Å². The van der Waals surface area contributed by atoms with Crippen LogP contribution in [-0.2, 0) is 13.6 Å². The first-order valence-corrected chi connectivity index (χ1v) is 7.53. The van der Waals surface area contributed by atoms with Crippen LogP contribution in [0.5, 0.6) is 0 Å². The third-order valence-corrected chi connectivity index (χ3v) is 4.32. The van der Waals surface area contributed by atoms with E-state index >= 15 is 0 Å². The largest absolute Gasteiger partial charge is 0.315 e. The number of nitrogens with zero attached hydrogens (tertiary/aromatic N) is 6. The molecule has 0 saturated carbocycles. The van der Waals surface area contributed by atoms with Gasteiger partial charge in [-0.2, -0.15) is 0 Å². The van der Waals surface area contributed by atoms with E-state index in [0.717, 1.165) is 28.6 Å². The molecule has 2 heterocycles. The van der Waals surface area contributed by atoms with Crippen molar-refractivity contribution in [2.24, 2.45) is 7.05 Å². The molecule has 0 bridgehead atoms. The van der Waals surface area contributed by atoms with E-state index in [4.69, 9.17) is 4.98 Å². The van der Waals surface area contributed by atoms with Gasteiger partial charge in [0.05, 0.1) is 16.3 Å². The molecule has 1 atom stereocenters. The first-order valence-electron chi connectivity index (χ1n) is 6.65.